The van der Waals surface area contributed by atoms with Crippen LogP contribution in [-0.2, 0) is 4.79 Å². The van der Waals surface area contributed by atoms with Crippen LogP contribution in [0.2, 0.25) is 0 Å². The van der Waals surface area contributed by atoms with Gasteiger partial charge in [0.05, 0.1) is 23.2 Å². The maximum Gasteiger partial charge on any atom is 0.393 e. The Labute approximate surface area is 196 Å². The minimum atomic E-state index is -4.40. The van der Waals surface area contributed by atoms with Crippen LogP contribution in [0, 0.1) is 17.2 Å². The number of likely N-dealkylation sites (N-methyl/N-ethyl adjacent to an activating group) is 1. The fourth-order valence-corrected chi connectivity index (χ4v) is 4.72. The molecule has 2 aliphatic heterocycles. The number of halogens is 3. The van der Waals surface area contributed by atoms with Crippen LogP contribution in [0.25, 0.3) is 11.0 Å². The molecule has 0 spiro atoms. The first-order chi connectivity index (χ1) is 16.2. The average molecular weight is 476 g/mol. The normalized spacial score (nSPS) is 23.5. The van der Waals surface area contributed by atoms with E-state index in [2.05, 4.69) is 25.1 Å². The van der Waals surface area contributed by atoms with Gasteiger partial charge in [-0.1, -0.05) is 0 Å². The van der Waals surface area contributed by atoms with E-state index < -0.39 is 24.2 Å². The molecular weight excluding hydrogens is 447 g/mol. The molecule has 1 aromatic heterocycles. The number of amides is 1. The lowest BCUT2D eigenvalue weighted by atomic mass is 9.92. The molecule has 8 nitrogen and oxygen atoms in total. The minimum Gasteiger partial charge on any atom is -0.367 e. The molecule has 0 bridgehead atoms. The number of carbonyl (C=O) groups is 1. The van der Waals surface area contributed by atoms with E-state index in [-0.39, 0.29) is 25.4 Å². The molecule has 0 radical (unpaired) electrons. The van der Waals surface area contributed by atoms with Crippen molar-refractivity contribution in [2.75, 3.05) is 51.2 Å². The molecule has 2 aromatic rings. The third kappa shape index (κ3) is 5.08. The zero-order chi connectivity index (χ0) is 24.5. The monoisotopic (exact) mass is 475 g/mol. The van der Waals surface area contributed by atoms with Crippen molar-refractivity contribution < 1.29 is 18.0 Å². The van der Waals surface area contributed by atoms with E-state index in [4.69, 9.17) is 0 Å². The van der Waals surface area contributed by atoms with Gasteiger partial charge in [0.25, 0.3) is 0 Å². The van der Waals surface area contributed by atoms with Crippen LogP contribution >= 0.6 is 0 Å². The second-order valence-electron chi connectivity index (χ2n) is 9.10. The Balaban J connectivity index is 1.56. The van der Waals surface area contributed by atoms with E-state index in [1.165, 1.54) is 12.4 Å². The first-order valence-electron chi connectivity index (χ1n) is 11.4. The quantitative estimate of drug-likeness (QED) is 0.724. The third-order valence-corrected chi connectivity index (χ3v) is 6.79. The van der Waals surface area contributed by atoms with Crippen molar-refractivity contribution in [1.82, 2.24) is 25.1 Å². The van der Waals surface area contributed by atoms with Crippen molar-refractivity contribution in [3.63, 3.8) is 0 Å². The SMILES string of the molecule is CC(C(=O)N[C@@H]1C[C@H](C(F)(F)F)CN(c2ccc(C#N)c3nccnc23)C1)N1CCN(C)CC1. The van der Waals surface area contributed by atoms with E-state index in [1.54, 1.807) is 24.0 Å². The van der Waals surface area contributed by atoms with Gasteiger partial charge in [-0.25, -0.2) is 0 Å². The predicted octanol–water partition coefficient (Wildman–Crippen LogP) is 2.01. The number of nitrogens with one attached hydrogen (secondary N) is 1. The maximum atomic E-state index is 13.8. The van der Waals surface area contributed by atoms with Crippen LogP contribution in [0.1, 0.15) is 18.9 Å². The number of piperidine rings is 1. The molecule has 2 fully saturated rings. The van der Waals surface area contributed by atoms with Crippen LogP contribution in [-0.4, -0.2) is 90.3 Å². The number of anilines is 1. The minimum absolute atomic E-state index is 0.179. The predicted molar refractivity (Wildman–Crippen MR) is 121 cm³/mol. The van der Waals surface area contributed by atoms with Gasteiger partial charge in [-0.15, -0.1) is 0 Å². The zero-order valence-corrected chi connectivity index (χ0v) is 19.2. The molecule has 11 heteroatoms. The Morgan fingerprint density at radius 3 is 2.47 bits per heavy atom. The van der Waals surface area contributed by atoms with Crippen LogP contribution in [0.5, 0.6) is 0 Å². The van der Waals surface area contributed by atoms with Crippen molar-refractivity contribution in [1.29, 1.82) is 5.26 Å². The molecule has 1 aromatic carbocycles. The molecule has 1 amide bonds. The number of nitriles is 1. The molecule has 0 saturated carbocycles. The molecule has 2 aliphatic rings. The number of rotatable bonds is 4. The average Bonchev–Trinajstić information content (AvgIpc) is 2.82. The molecule has 3 heterocycles. The van der Waals surface area contributed by atoms with Gasteiger partial charge >= 0.3 is 6.18 Å². The number of fused-ring (bicyclic) bond motifs is 1. The summed E-state index contributed by atoms with van der Waals surface area (Å²) in [7, 11) is 2.02. The van der Waals surface area contributed by atoms with Crippen molar-refractivity contribution in [3.05, 3.63) is 30.1 Å². The smallest absolute Gasteiger partial charge is 0.367 e. The number of alkyl halides is 3. The molecule has 1 N–H and O–H groups in total. The number of aromatic nitrogens is 2. The summed E-state index contributed by atoms with van der Waals surface area (Å²) in [5.74, 6) is -1.87. The highest BCUT2D eigenvalue weighted by molar-refractivity contribution is 5.92. The fourth-order valence-electron chi connectivity index (χ4n) is 4.72. The highest BCUT2D eigenvalue weighted by Crippen LogP contribution is 2.37. The Kier molecular flexibility index (Phi) is 6.91. The van der Waals surface area contributed by atoms with E-state index in [0.717, 1.165) is 26.2 Å². The number of piperazine rings is 1. The highest BCUT2D eigenvalue weighted by Gasteiger charge is 2.45. The van der Waals surface area contributed by atoms with Gasteiger partial charge in [0.1, 0.15) is 17.1 Å². The number of benzene rings is 1. The Bertz CT molecular complexity index is 1080. The molecular formula is C23H28F3N7O. The summed E-state index contributed by atoms with van der Waals surface area (Å²) < 4.78 is 41.5. The number of hydrogen-bond donors (Lipinski definition) is 1. The van der Waals surface area contributed by atoms with Gasteiger partial charge in [0.15, 0.2) is 0 Å². The summed E-state index contributed by atoms with van der Waals surface area (Å²) in [6, 6.07) is 4.11. The van der Waals surface area contributed by atoms with Crippen molar-refractivity contribution >= 4 is 22.6 Å². The van der Waals surface area contributed by atoms with Crippen molar-refractivity contribution in [2.45, 2.75) is 31.6 Å². The molecule has 2 saturated heterocycles. The van der Waals surface area contributed by atoms with Gasteiger partial charge in [0, 0.05) is 57.7 Å². The Morgan fingerprint density at radius 1 is 1.15 bits per heavy atom. The first kappa shape index (κ1) is 24.2. The fraction of sp³-hybridized carbons (Fsp3) is 0.565. The maximum absolute atomic E-state index is 13.8. The summed E-state index contributed by atoms with van der Waals surface area (Å²) in [5.41, 5.74) is 1.51. The second-order valence-corrected chi connectivity index (χ2v) is 9.10. The summed E-state index contributed by atoms with van der Waals surface area (Å²) in [5, 5.41) is 12.2. The Hall–Kier alpha value is -2.97. The van der Waals surface area contributed by atoms with E-state index in [1.807, 2.05) is 13.1 Å². The second kappa shape index (κ2) is 9.72. The van der Waals surface area contributed by atoms with Crippen LogP contribution in [0.4, 0.5) is 18.9 Å². The van der Waals surface area contributed by atoms with Gasteiger partial charge < -0.3 is 15.1 Å². The molecule has 182 valence electrons. The lowest BCUT2D eigenvalue weighted by Crippen LogP contribution is -2.58. The zero-order valence-electron chi connectivity index (χ0n) is 19.2. The van der Waals surface area contributed by atoms with Gasteiger partial charge in [0.2, 0.25) is 5.91 Å². The van der Waals surface area contributed by atoms with Crippen LogP contribution in [0.3, 0.4) is 0 Å². The summed E-state index contributed by atoms with van der Waals surface area (Å²) in [6.07, 6.45) is -1.68. The van der Waals surface area contributed by atoms with Crippen molar-refractivity contribution in [2.24, 2.45) is 5.92 Å². The van der Waals surface area contributed by atoms with E-state index in [0.29, 0.717) is 22.3 Å². The van der Waals surface area contributed by atoms with Crippen molar-refractivity contribution in [3.8, 4) is 6.07 Å². The molecule has 1 unspecified atom stereocenters. The molecule has 3 atom stereocenters. The largest absolute Gasteiger partial charge is 0.393 e. The Morgan fingerprint density at radius 2 is 1.82 bits per heavy atom. The molecule has 0 aliphatic carbocycles. The summed E-state index contributed by atoms with van der Waals surface area (Å²) in [6.45, 7) is 4.93. The number of nitrogens with zero attached hydrogens (tertiary/aromatic N) is 6. The van der Waals surface area contributed by atoms with Gasteiger partial charge in [-0.3, -0.25) is 19.7 Å². The lowest BCUT2D eigenvalue weighted by molar-refractivity contribution is -0.178. The topological polar surface area (TPSA) is 88.4 Å². The van der Waals surface area contributed by atoms with Crippen LogP contribution in [0.15, 0.2) is 24.5 Å². The van der Waals surface area contributed by atoms with Gasteiger partial charge in [-0.2, -0.15) is 18.4 Å². The van der Waals surface area contributed by atoms with E-state index in [9.17, 15) is 23.2 Å². The summed E-state index contributed by atoms with van der Waals surface area (Å²) in [4.78, 5) is 27.3. The summed E-state index contributed by atoms with van der Waals surface area (Å²) >= 11 is 0. The van der Waals surface area contributed by atoms with Gasteiger partial charge in [-0.05, 0) is 32.5 Å². The molecule has 34 heavy (non-hydrogen) atoms. The lowest BCUT2D eigenvalue weighted by Gasteiger charge is -2.41. The van der Waals surface area contributed by atoms with Crippen LogP contribution < -0.4 is 10.2 Å². The third-order valence-electron chi connectivity index (χ3n) is 6.79. The highest BCUT2D eigenvalue weighted by atomic mass is 19.4. The van der Waals surface area contributed by atoms with E-state index >= 15 is 0 Å². The first-order valence-corrected chi connectivity index (χ1v) is 11.4. The standard InChI is InChI=1S/C23H28F3N7O/c1-15(32-9-7-31(2)8-10-32)22(34)30-18-11-17(23(24,25)26)13-33(14-18)19-4-3-16(12-27)20-21(19)29-6-5-28-20/h3-6,15,17-18H,7-11,13-14H2,1-2H3,(H,30,34)/t15?,17-,18+/m0/s1. The molecule has 4 rings (SSSR count). The number of hydrogen-bond acceptors (Lipinski definition) is 7. The number of carbonyl (C=O) groups excluding carboxylic acids is 1.